The molecule has 0 N–H and O–H groups in total. The van der Waals surface area contributed by atoms with Gasteiger partial charge in [-0.25, -0.2) is 0 Å². The maximum absolute atomic E-state index is 2.50. The summed E-state index contributed by atoms with van der Waals surface area (Å²) in [4.78, 5) is 0. The second-order valence-electron chi connectivity index (χ2n) is 3.51. The molecule has 0 spiro atoms. The Labute approximate surface area is 63.3 Å². The monoisotopic (exact) mass is 135 g/mol. The standard InChI is InChI=1S/C10H15/c1-2-6-10-8-4-3-7-9(10)5-1/h1,5-6,9-10H,2-4,7-8H2. The summed E-state index contributed by atoms with van der Waals surface area (Å²) in [7, 11) is 0. The van der Waals surface area contributed by atoms with Crippen molar-refractivity contribution in [1.82, 2.24) is 0 Å². The maximum Gasteiger partial charge on any atom is -0.0202 e. The predicted octanol–water partition coefficient (Wildman–Crippen LogP) is 2.96. The Balaban J connectivity index is 2.03. The van der Waals surface area contributed by atoms with Gasteiger partial charge in [-0.3, -0.25) is 0 Å². The third-order valence-corrected chi connectivity index (χ3v) is 2.83. The van der Waals surface area contributed by atoms with Crippen LogP contribution in [0.3, 0.4) is 0 Å². The molecule has 1 radical (unpaired) electrons. The van der Waals surface area contributed by atoms with E-state index in [1.54, 1.807) is 0 Å². The van der Waals surface area contributed by atoms with E-state index in [1.165, 1.54) is 32.1 Å². The first-order valence-corrected chi connectivity index (χ1v) is 4.47. The number of hydrogen-bond donors (Lipinski definition) is 0. The molecule has 0 aliphatic heterocycles. The summed E-state index contributed by atoms with van der Waals surface area (Å²) in [5, 5.41) is 0. The molecule has 1 fully saturated rings. The topological polar surface area (TPSA) is 0 Å². The highest BCUT2D eigenvalue weighted by atomic mass is 14.3. The minimum absolute atomic E-state index is 0.919. The summed E-state index contributed by atoms with van der Waals surface area (Å²) in [6, 6.07) is 0. The summed E-state index contributed by atoms with van der Waals surface area (Å²) < 4.78 is 0. The maximum atomic E-state index is 2.50. The van der Waals surface area contributed by atoms with E-state index < -0.39 is 0 Å². The summed E-state index contributed by atoms with van der Waals surface area (Å²) in [6.45, 7) is 0. The van der Waals surface area contributed by atoms with Gasteiger partial charge in [-0.2, -0.15) is 0 Å². The molecule has 0 heterocycles. The number of hydrogen-bond acceptors (Lipinski definition) is 0. The van der Waals surface area contributed by atoms with E-state index in [4.69, 9.17) is 0 Å². The van der Waals surface area contributed by atoms with E-state index in [1.807, 2.05) is 0 Å². The van der Waals surface area contributed by atoms with Crippen LogP contribution in [0.5, 0.6) is 0 Å². The molecule has 10 heavy (non-hydrogen) atoms. The first-order valence-electron chi connectivity index (χ1n) is 4.47. The molecule has 0 saturated heterocycles. The van der Waals surface area contributed by atoms with Crippen LogP contribution in [0.15, 0.2) is 12.2 Å². The highest BCUT2D eigenvalue weighted by Gasteiger charge is 2.24. The molecule has 0 nitrogen and oxygen atoms in total. The molecule has 2 aliphatic carbocycles. The molecule has 1 saturated carbocycles. The lowest BCUT2D eigenvalue weighted by Crippen LogP contribution is -2.20. The lowest BCUT2D eigenvalue weighted by Gasteiger charge is -2.31. The van der Waals surface area contributed by atoms with Crippen molar-refractivity contribution >= 4 is 0 Å². The van der Waals surface area contributed by atoms with Crippen LogP contribution in [0, 0.1) is 18.3 Å². The molecule has 2 aliphatic rings. The molecule has 0 amide bonds. The summed E-state index contributed by atoms with van der Waals surface area (Å²) >= 11 is 0. The van der Waals surface area contributed by atoms with Gasteiger partial charge < -0.3 is 0 Å². The lowest BCUT2D eigenvalue weighted by atomic mass is 9.74. The van der Waals surface area contributed by atoms with Gasteiger partial charge in [-0.15, -0.1) is 0 Å². The van der Waals surface area contributed by atoms with Gasteiger partial charge in [0, 0.05) is 0 Å². The van der Waals surface area contributed by atoms with Crippen LogP contribution < -0.4 is 0 Å². The van der Waals surface area contributed by atoms with Crippen LogP contribution >= 0.6 is 0 Å². The van der Waals surface area contributed by atoms with Crippen LogP contribution in [-0.4, -0.2) is 0 Å². The smallest absolute Gasteiger partial charge is 0.0202 e. The molecule has 2 rings (SSSR count). The first-order chi connectivity index (χ1) is 4.97. The highest BCUT2D eigenvalue weighted by molar-refractivity contribution is 5.05. The van der Waals surface area contributed by atoms with Crippen LogP contribution in [-0.2, 0) is 0 Å². The SMILES string of the molecule is [CH]1CC=CC2CCCCC12. The Morgan fingerprint density at radius 1 is 1.00 bits per heavy atom. The van der Waals surface area contributed by atoms with Crippen LogP contribution in [0.4, 0.5) is 0 Å². The van der Waals surface area contributed by atoms with Crippen molar-refractivity contribution in [1.29, 1.82) is 0 Å². The Bertz CT molecular complexity index is 135. The predicted molar refractivity (Wildman–Crippen MR) is 43.5 cm³/mol. The molecular formula is C10H15. The second kappa shape index (κ2) is 2.77. The van der Waals surface area contributed by atoms with Gasteiger partial charge in [-0.05, 0) is 37.5 Å². The third kappa shape index (κ3) is 1.12. The summed E-state index contributed by atoms with van der Waals surface area (Å²) in [5.41, 5.74) is 0. The zero-order chi connectivity index (χ0) is 6.81. The van der Waals surface area contributed by atoms with Crippen LogP contribution in [0.2, 0.25) is 0 Å². The number of allylic oxidation sites excluding steroid dienone is 2. The Morgan fingerprint density at radius 3 is 2.60 bits per heavy atom. The van der Waals surface area contributed by atoms with Crippen molar-refractivity contribution in [3.05, 3.63) is 18.6 Å². The van der Waals surface area contributed by atoms with Gasteiger partial charge >= 0.3 is 0 Å². The van der Waals surface area contributed by atoms with E-state index in [0.717, 1.165) is 11.8 Å². The Kier molecular flexibility index (Phi) is 1.79. The zero-order valence-corrected chi connectivity index (χ0v) is 6.42. The average Bonchev–Trinajstić information content (AvgIpc) is 2.05. The van der Waals surface area contributed by atoms with Gasteiger partial charge in [0.15, 0.2) is 0 Å². The van der Waals surface area contributed by atoms with Gasteiger partial charge in [0.1, 0.15) is 0 Å². The lowest BCUT2D eigenvalue weighted by molar-refractivity contribution is 0.308. The normalized spacial score (nSPS) is 39.2. The van der Waals surface area contributed by atoms with Crippen LogP contribution in [0.1, 0.15) is 32.1 Å². The zero-order valence-electron chi connectivity index (χ0n) is 6.42. The van der Waals surface area contributed by atoms with Crippen molar-refractivity contribution in [2.24, 2.45) is 11.8 Å². The van der Waals surface area contributed by atoms with Crippen molar-refractivity contribution in [2.45, 2.75) is 32.1 Å². The minimum Gasteiger partial charge on any atom is -0.0880 e. The van der Waals surface area contributed by atoms with E-state index in [0.29, 0.717) is 0 Å². The fourth-order valence-electron chi connectivity index (χ4n) is 2.23. The summed E-state index contributed by atoms with van der Waals surface area (Å²) in [5.74, 6) is 1.86. The van der Waals surface area contributed by atoms with E-state index in [2.05, 4.69) is 18.6 Å². The molecule has 2 atom stereocenters. The molecule has 0 aromatic carbocycles. The minimum atomic E-state index is 0.919. The van der Waals surface area contributed by atoms with Crippen LogP contribution in [0.25, 0.3) is 0 Å². The molecule has 0 aromatic rings. The molecule has 0 aromatic heterocycles. The highest BCUT2D eigenvalue weighted by Crippen LogP contribution is 2.35. The molecule has 0 bridgehead atoms. The van der Waals surface area contributed by atoms with Crippen molar-refractivity contribution < 1.29 is 0 Å². The number of rotatable bonds is 0. The fraction of sp³-hybridized carbons (Fsp3) is 0.700. The Morgan fingerprint density at radius 2 is 1.80 bits per heavy atom. The largest absolute Gasteiger partial charge is 0.0880 e. The van der Waals surface area contributed by atoms with Crippen molar-refractivity contribution in [3.8, 4) is 0 Å². The van der Waals surface area contributed by atoms with Gasteiger partial charge in [0.25, 0.3) is 0 Å². The third-order valence-electron chi connectivity index (χ3n) is 2.83. The quantitative estimate of drug-likeness (QED) is 0.448. The Hall–Kier alpha value is -0.260. The molecule has 0 heteroatoms. The number of fused-ring (bicyclic) bond motifs is 1. The molecule has 55 valence electrons. The average molecular weight is 135 g/mol. The van der Waals surface area contributed by atoms with E-state index >= 15 is 0 Å². The first kappa shape index (κ1) is 6.45. The van der Waals surface area contributed by atoms with Gasteiger partial charge in [0.05, 0.1) is 0 Å². The molecular weight excluding hydrogens is 120 g/mol. The second-order valence-corrected chi connectivity index (χ2v) is 3.51. The van der Waals surface area contributed by atoms with E-state index in [9.17, 15) is 0 Å². The van der Waals surface area contributed by atoms with Crippen molar-refractivity contribution in [2.75, 3.05) is 0 Å². The van der Waals surface area contributed by atoms with E-state index in [-0.39, 0.29) is 0 Å². The van der Waals surface area contributed by atoms with Gasteiger partial charge in [-0.1, -0.05) is 25.0 Å². The fourth-order valence-corrected chi connectivity index (χ4v) is 2.23. The summed E-state index contributed by atoms with van der Waals surface area (Å²) in [6.07, 6.45) is 14.3. The van der Waals surface area contributed by atoms with Crippen molar-refractivity contribution in [3.63, 3.8) is 0 Å². The van der Waals surface area contributed by atoms with Gasteiger partial charge in [0.2, 0.25) is 0 Å². The molecule has 2 unspecified atom stereocenters.